The summed E-state index contributed by atoms with van der Waals surface area (Å²) in [5.74, 6) is 0.190. The Morgan fingerprint density at radius 2 is 1.35 bits per heavy atom. The highest BCUT2D eigenvalue weighted by Crippen LogP contribution is 2.27. The summed E-state index contributed by atoms with van der Waals surface area (Å²) in [6.45, 7) is 3.19. The lowest BCUT2D eigenvalue weighted by molar-refractivity contribution is -0.120. The second kappa shape index (κ2) is 8.07. The van der Waals surface area contributed by atoms with Gasteiger partial charge in [0, 0.05) is 13.0 Å². The Bertz CT molecular complexity index is 563. The quantitative estimate of drug-likeness (QED) is 0.794. The van der Waals surface area contributed by atoms with Crippen molar-refractivity contribution in [3.8, 4) is 0 Å². The first-order valence-corrected chi connectivity index (χ1v) is 8.69. The molecule has 0 unspecified atom stereocenters. The van der Waals surface area contributed by atoms with Crippen LogP contribution in [-0.4, -0.2) is 30.3 Å². The van der Waals surface area contributed by atoms with E-state index in [4.69, 9.17) is 0 Å². The Kier molecular flexibility index (Phi) is 5.60. The molecule has 120 valence electrons. The number of carbonyl (C=O) groups is 1. The van der Waals surface area contributed by atoms with Crippen LogP contribution in [0.1, 0.15) is 42.7 Å². The number of ketones is 1. The van der Waals surface area contributed by atoms with Gasteiger partial charge in [0.15, 0.2) is 0 Å². The molecule has 23 heavy (non-hydrogen) atoms. The molecule has 2 heteroatoms. The fourth-order valence-corrected chi connectivity index (χ4v) is 3.45. The van der Waals surface area contributed by atoms with E-state index in [1.807, 2.05) is 36.4 Å². The third kappa shape index (κ3) is 4.29. The molecule has 1 aliphatic heterocycles. The standard InChI is InChI=1S/C21H25NO/c23-20(14-17-22-15-8-3-9-16-22)21(18-10-4-1-5-11-18)19-12-6-2-7-13-19/h1-2,4-7,10-13,21H,3,8-9,14-17H2. The number of nitrogens with zero attached hydrogens (tertiary/aromatic N) is 1. The highest BCUT2D eigenvalue weighted by atomic mass is 16.1. The summed E-state index contributed by atoms with van der Waals surface area (Å²) >= 11 is 0. The number of benzene rings is 2. The van der Waals surface area contributed by atoms with Crippen LogP contribution < -0.4 is 0 Å². The van der Waals surface area contributed by atoms with Gasteiger partial charge < -0.3 is 4.90 Å². The summed E-state index contributed by atoms with van der Waals surface area (Å²) in [6, 6.07) is 20.3. The molecule has 0 atom stereocenters. The molecular weight excluding hydrogens is 282 g/mol. The van der Waals surface area contributed by atoms with Gasteiger partial charge in [-0.05, 0) is 37.1 Å². The van der Waals surface area contributed by atoms with Gasteiger partial charge in [-0.25, -0.2) is 0 Å². The van der Waals surface area contributed by atoms with Crippen molar-refractivity contribution in [2.75, 3.05) is 19.6 Å². The first-order chi connectivity index (χ1) is 11.3. The van der Waals surface area contributed by atoms with Gasteiger partial charge in [0.25, 0.3) is 0 Å². The summed E-state index contributed by atoms with van der Waals surface area (Å²) in [6.07, 6.45) is 4.51. The molecule has 1 saturated heterocycles. The number of likely N-dealkylation sites (tertiary alicyclic amines) is 1. The predicted octanol–water partition coefficient (Wildman–Crippen LogP) is 4.26. The largest absolute Gasteiger partial charge is 0.303 e. The summed E-state index contributed by atoms with van der Waals surface area (Å²) in [5.41, 5.74) is 2.20. The molecule has 1 heterocycles. The number of hydrogen-bond donors (Lipinski definition) is 0. The maximum atomic E-state index is 13.0. The fraction of sp³-hybridized carbons (Fsp3) is 0.381. The van der Waals surface area contributed by atoms with E-state index < -0.39 is 0 Å². The number of rotatable bonds is 6. The summed E-state index contributed by atoms with van der Waals surface area (Å²) in [4.78, 5) is 15.4. The van der Waals surface area contributed by atoms with Gasteiger partial charge in [-0.1, -0.05) is 67.1 Å². The number of hydrogen-bond acceptors (Lipinski definition) is 2. The molecule has 2 nitrogen and oxygen atoms in total. The van der Waals surface area contributed by atoms with Crippen molar-refractivity contribution in [3.05, 3.63) is 71.8 Å². The number of piperidine rings is 1. The molecule has 3 rings (SSSR count). The summed E-state index contributed by atoms with van der Waals surface area (Å²) in [5, 5.41) is 0. The number of carbonyl (C=O) groups excluding carboxylic acids is 1. The van der Waals surface area contributed by atoms with Crippen molar-refractivity contribution in [1.29, 1.82) is 0 Å². The molecule has 0 N–H and O–H groups in total. The smallest absolute Gasteiger partial charge is 0.146 e. The van der Waals surface area contributed by atoms with Crippen LogP contribution in [0.25, 0.3) is 0 Å². The van der Waals surface area contributed by atoms with Gasteiger partial charge in [-0.15, -0.1) is 0 Å². The molecule has 0 saturated carbocycles. The van der Waals surface area contributed by atoms with Crippen molar-refractivity contribution in [3.63, 3.8) is 0 Å². The summed E-state index contributed by atoms with van der Waals surface area (Å²) in [7, 11) is 0. The minimum atomic E-state index is -0.137. The highest BCUT2D eigenvalue weighted by Gasteiger charge is 2.23. The lowest BCUT2D eigenvalue weighted by Crippen LogP contribution is -2.32. The Morgan fingerprint density at radius 3 is 1.87 bits per heavy atom. The molecule has 1 fully saturated rings. The Hall–Kier alpha value is -1.93. The maximum absolute atomic E-state index is 13.0. The van der Waals surface area contributed by atoms with Crippen LogP contribution in [0.2, 0.25) is 0 Å². The van der Waals surface area contributed by atoms with Gasteiger partial charge in [0.05, 0.1) is 5.92 Å². The van der Waals surface area contributed by atoms with Gasteiger partial charge in [-0.2, -0.15) is 0 Å². The molecule has 1 aliphatic rings. The minimum absolute atomic E-state index is 0.137. The minimum Gasteiger partial charge on any atom is -0.303 e. The Balaban J connectivity index is 1.74. The predicted molar refractivity (Wildman–Crippen MR) is 94.6 cm³/mol. The van der Waals surface area contributed by atoms with Crippen molar-refractivity contribution in [2.45, 2.75) is 31.6 Å². The lowest BCUT2D eigenvalue weighted by Gasteiger charge is -2.27. The first kappa shape index (κ1) is 15.9. The Morgan fingerprint density at radius 1 is 0.826 bits per heavy atom. The molecule has 0 bridgehead atoms. The Labute approximate surface area is 139 Å². The zero-order chi connectivity index (χ0) is 15.9. The van der Waals surface area contributed by atoms with E-state index >= 15 is 0 Å². The van der Waals surface area contributed by atoms with Crippen LogP contribution in [0, 0.1) is 0 Å². The summed E-state index contributed by atoms with van der Waals surface area (Å²) < 4.78 is 0. The van der Waals surface area contributed by atoms with E-state index in [2.05, 4.69) is 29.2 Å². The fourth-order valence-electron chi connectivity index (χ4n) is 3.45. The van der Waals surface area contributed by atoms with Crippen molar-refractivity contribution in [1.82, 2.24) is 4.90 Å². The van der Waals surface area contributed by atoms with E-state index in [1.54, 1.807) is 0 Å². The number of Topliss-reactive ketones (excluding diaryl/α,β-unsaturated/α-hetero) is 1. The lowest BCUT2D eigenvalue weighted by atomic mass is 9.86. The normalized spacial score (nSPS) is 15.7. The van der Waals surface area contributed by atoms with Crippen LogP contribution in [0.15, 0.2) is 60.7 Å². The third-order valence-electron chi connectivity index (χ3n) is 4.71. The van der Waals surface area contributed by atoms with Crippen molar-refractivity contribution in [2.24, 2.45) is 0 Å². The van der Waals surface area contributed by atoms with Crippen LogP contribution in [0.5, 0.6) is 0 Å². The van der Waals surface area contributed by atoms with E-state index in [0.717, 1.165) is 30.8 Å². The van der Waals surface area contributed by atoms with Gasteiger partial charge in [0.1, 0.15) is 5.78 Å². The zero-order valence-electron chi connectivity index (χ0n) is 13.7. The second-order valence-corrected chi connectivity index (χ2v) is 6.37. The van der Waals surface area contributed by atoms with Crippen molar-refractivity contribution < 1.29 is 4.79 Å². The third-order valence-corrected chi connectivity index (χ3v) is 4.71. The van der Waals surface area contributed by atoms with E-state index in [9.17, 15) is 4.79 Å². The molecule has 2 aromatic rings. The van der Waals surface area contributed by atoms with E-state index in [-0.39, 0.29) is 5.92 Å². The van der Waals surface area contributed by atoms with Crippen LogP contribution in [0.3, 0.4) is 0 Å². The van der Waals surface area contributed by atoms with Crippen LogP contribution in [0.4, 0.5) is 0 Å². The monoisotopic (exact) mass is 307 g/mol. The zero-order valence-corrected chi connectivity index (χ0v) is 13.7. The molecule has 0 radical (unpaired) electrons. The molecule has 0 spiro atoms. The first-order valence-electron chi connectivity index (χ1n) is 8.69. The highest BCUT2D eigenvalue weighted by molar-refractivity contribution is 5.89. The molecule has 0 amide bonds. The maximum Gasteiger partial charge on any atom is 0.146 e. The van der Waals surface area contributed by atoms with Crippen LogP contribution in [-0.2, 0) is 4.79 Å². The van der Waals surface area contributed by atoms with Gasteiger partial charge in [0.2, 0.25) is 0 Å². The second-order valence-electron chi connectivity index (χ2n) is 6.37. The van der Waals surface area contributed by atoms with Gasteiger partial charge in [-0.3, -0.25) is 4.79 Å². The van der Waals surface area contributed by atoms with Crippen molar-refractivity contribution >= 4 is 5.78 Å². The van der Waals surface area contributed by atoms with E-state index in [1.165, 1.54) is 19.3 Å². The molecule has 2 aromatic carbocycles. The molecule has 0 aromatic heterocycles. The average molecular weight is 307 g/mol. The van der Waals surface area contributed by atoms with Crippen LogP contribution >= 0.6 is 0 Å². The topological polar surface area (TPSA) is 20.3 Å². The SMILES string of the molecule is O=C(CCN1CCCCC1)C(c1ccccc1)c1ccccc1. The molecular formula is C21H25NO. The average Bonchev–Trinajstić information content (AvgIpc) is 2.63. The van der Waals surface area contributed by atoms with E-state index in [0.29, 0.717) is 12.2 Å². The van der Waals surface area contributed by atoms with Gasteiger partial charge >= 0.3 is 0 Å². The molecule has 0 aliphatic carbocycles.